The van der Waals surface area contributed by atoms with Crippen molar-refractivity contribution < 1.29 is 14.7 Å². The summed E-state index contributed by atoms with van der Waals surface area (Å²) in [6.45, 7) is 3.98. The summed E-state index contributed by atoms with van der Waals surface area (Å²) in [5, 5.41) is 12.8. The minimum atomic E-state index is -0.950. The Labute approximate surface area is 123 Å². The molecular weight excluding hydrogens is 268 g/mol. The maximum Gasteiger partial charge on any atom is 0.331 e. The summed E-state index contributed by atoms with van der Waals surface area (Å²) < 4.78 is 0. The number of hydrogen-bond acceptors (Lipinski definition) is 3. The maximum atomic E-state index is 12.8. The Balaban J connectivity index is 1.92. The van der Waals surface area contributed by atoms with E-state index in [9.17, 15) is 14.7 Å². The van der Waals surface area contributed by atoms with Gasteiger partial charge >= 0.3 is 5.97 Å². The van der Waals surface area contributed by atoms with E-state index in [1.807, 2.05) is 31.2 Å². The first kappa shape index (κ1) is 14.1. The Morgan fingerprint density at radius 3 is 2.71 bits per heavy atom. The quantitative estimate of drug-likeness (QED) is 0.853. The second kappa shape index (κ2) is 5.48. The van der Waals surface area contributed by atoms with Gasteiger partial charge in [0.15, 0.2) is 6.04 Å². The van der Waals surface area contributed by atoms with Crippen molar-refractivity contribution in [1.82, 2.24) is 10.2 Å². The van der Waals surface area contributed by atoms with E-state index in [-0.39, 0.29) is 17.7 Å². The van der Waals surface area contributed by atoms with Crippen LogP contribution in [0.5, 0.6) is 0 Å². The lowest BCUT2D eigenvalue weighted by atomic mass is 9.89. The Morgan fingerprint density at radius 2 is 2.05 bits per heavy atom. The third-order valence-electron chi connectivity index (χ3n) is 4.64. The molecule has 0 saturated carbocycles. The molecule has 0 aliphatic carbocycles. The van der Waals surface area contributed by atoms with E-state index in [1.54, 1.807) is 4.90 Å². The van der Waals surface area contributed by atoms with Crippen molar-refractivity contribution in [3.63, 3.8) is 0 Å². The Hall–Kier alpha value is -1.88. The number of amides is 1. The van der Waals surface area contributed by atoms with Crippen molar-refractivity contribution in [2.45, 2.75) is 19.4 Å². The molecule has 0 spiro atoms. The van der Waals surface area contributed by atoms with Gasteiger partial charge in [-0.25, -0.2) is 4.79 Å². The van der Waals surface area contributed by atoms with E-state index in [0.717, 1.165) is 24.1 Å². The fourth-order valence-corrected chi connectivity index (χ4v) is 3.42. The predicted molar refractivity (Wildman–Crippen MR) is 77.8 cm³/mol. The van der Waals surface area contributed by atoms with Crippen LogP contribution in [-0.2, 0) is 16.0 Å². The SMILES string of the molecule is CC1CNCC1C(=O)N1CCc2ccccc2C1C(=O)O. The molecule has 2 aliphatic heterocycles. The first-order chi connectivity index (χ1) is 10.1. The summed E-state index contributed by atoms with van der Waals surface area (Å²) in [4.78, 5) is 26.0. The average Bonchev–Trinajstić information content (AvgIpc) is 2.91. The minimum absolute atomic E-state index is 0.0330. The lowest BCUT2D eigenvalue weighted by Crippen LogP contribution is -2.47. The second-order valence-corrected chi connectivity index (χ2v) is 5.96. The number of rotatable bonds is 2. The van der Waals surface area contributed by atoms with Crippen molar-refractivity contribution >= 4 is 11.9 Å². The van der Waals surface area contributed by atoms with Crippen LogP contribution in [-0.4, -0.2) is 41.5 Å². The molecule has 3 rings (SSSR count). The lowest BCUT2D eigenvalue weighted by molar-refractivity contribution is -0.153. The van der Waals surface area contributed by atoms with Gasteiger partial charge in [-0.1, -0.05) is 31.2 Å². The van der Waals surface area contributed by atoms with Crippen LogP contribution in [0.25, 0.3) is 0 Å². The van der Waals surface area contributed by atoms with Crippen LogP contribution < -0.4 is 5.32 Å². The number of nitrogens with one attached hydrogen (secondary N) is 1. The summed E-state index contributed by atoms with van der Waals surface area (Å²) in [5.74, 6) is -0.843. The lowest BCUT2D eigenvalue weighted by Gasteiger charge is -2.36. The van der Waals surface area contributed by atoms with Crippen LogP contribution in [0.3, 0.4) is 0 Å². The fourth-order valence-electron chi connectivity index (χ4n) is 3.42. The van der Waals surface area contributed by atoms with Crippen LogP contribution in [0.1, 0.15) is 24.1 Å². The van der Waals surface area contributed by atoms with E-state index < -0.39 is 12.0 Å². The highest BCUT2D eigenvalue weighted by Gasteiger charge is 2.40. The highest BCUT2D eigenvalue weighted by atomic mass is 16.4. The number of benzene rings is 1. The molecule has 2 aliphatic rings. The standard InChI is InChI=1S/C16H20N2O3/c1-10-8-17-9-13(10)15(19)18-7-6-11-4-2-3-5-12(11)14(18)16(20)21/h2-5,10,13-14,17H,6-9H2,1H3,(H,20,21). The highest BCUT2D eigenvalue weighted by Crippen LogP contribution is 2.32. The normalized spacial score (nSPS) is 28.2. The first-order valence-corrected chi connectivity index (χ1v) is 7.41. The molecule has 3 atom stereocenters. The Bertz CT molecular complexity index is 572. The third-order valence-corrected chi connectivity index (χ3v) is 4.64. The van der Waals surface area contributed by atoms with Crippen LogP contribution in [0.4, 0.5) is 0 Å². The number of carbonyl (C=O) groups excluding carboxylic acids is 1. The summed E-state index contributed by atoms with van der Waals surface area (Å²) in [6.07, 6.45) is 0.722. The molecule has 1 aromatic carbocycles. The van der Waals surface area contributed by atoms with Crippen LogP contribution in [0.15, 0.2) is 24.3 Å². The van der Waals surface area contributed by atoms with Gasteiger partial charge in [0.1, 0.15) is 0 Å². The molecule has 1 saturated heterocycles. The summed E-state index contributed by atoms with van der Waals surface area (Å²) in [5.41, 5.74) is 1.79. The van der Waals surface area contributed by atoms with Gasteiger partial charge in [0.05, 0.1) is 5.92 Å². The van der Waals surface area contributed by atoms with Crippen molar-refractivity contribution in [3.05, 3.63) is 35.4 Å². The topological polar surface area (TPSA) is 69.6 Å². The van der Waals surface area contributed by atoms with Crippen LogP contribution >= 0.6 is 0 Å². The van der Waals surface area contributed by atoms with E-state index in [0.29, 0.717) is 13.1 Å². The summed E-state index contributed by atoms with van der Waals surface area (Å²) >= 11 is 0. The molecule has 1 amide bonds. The largest absolute Gasteiger partial charge is 0.479 e. The molecular formula is C16H20N2O3. The van der Waals surface area contributed by atoms with Gasteiger partial charge in [-0.3, -0.25) is 4.79 Å². The molecule has 2 heterocycles. The zero-order valence-corrected chi connectivity index (χ0v) is 12.1. The second-order valence-electron chi connectivity index (χ2n) is 5.96. The molecule has 0 bridgehead atoms. The molecule has 5 heteroatoms. The molecule has 0 radical (unpaired) electrons. The smallest absolute Gasteiger partial charge is 0.331 e. The number of carboxylic acids is 1. The Kier molecular flexibility index (Phi) is 3.68. The van der Waals surface area contributed by atoms with Gasteiger partial charge in [0.2, 0.25) is 5.91 Å². The number of aliphatic carboxylic acids is 1. The highest BCUT2D eigenvalue weighted by molar-refractivity contribution is 5.87. The van der Waals surface area contributed by atoms with E-state index in [2.05, 4.69) is 5.32 Å². The number of carbonyl (C=O) groups is 2. The summed E-state index contributed by atoms with van der Waals surface area (Å²) in [7, 11) is 0. The van der Waals surface area contributed by atoms with Crippen LogP contribution in [0.2, 0.25) is 0 Å². The molecule has 2 N–H and O–H groups in total. The predicted octanol–water partition coefficient (Wildman–Crippen LogP) is 1.05. The number of carboxylic acid groups (broad SMARTS) is 1. The third kappa shape index (κ3) is 2.42. The van der Waals surface area contributed by atoms with Crippen molar-refractivity contribution in [1.29, 1.82) is 0 Å². The summed E-state index contributed by atoms with van der Waals surface area (Å²) in [6, 6.07) is 6.67. The molecule has 5 nitrogen and oxygen atoms in total. The zero-order chi connectivity index (χ0) is 15.0. The fraction of sp³-hybridized carbons (Fsp3) is 0.500. The Morgan fingerprint density at radius 1 is 1.29 bits per heavy atom. The number of nitrogens with zero attached hydrogens (tertiary/aromatic N) is 1. The van der Waals surface area contributed by atoms with Gasteiger partial charge < -0.3 is 15.3 Å². The number of fused-ring (bicyclic) bond motifs is 1. The monoisotopic (exact) mass is 288 g/mol. The molecule has 1 aromatic rings. The molecule has 112 valence electrons. The van der Waals surface area contributed by atoms with E-state index in [1.165, 1.54) is 0 Å². The molecule has 1 fully saturated rings. The van der Waals surface area contributed by atoms with Crippen LogP contribution in [0, 0.1) is 11.8 Å². The van der Waals surface area contributed by atoms with Gasteiger partial charge in [-0.15, -0.1) is 0 Å². The minimum Gasteiger partial charge on any atom is -0.479 e. The zero-order valence-electron chi connectivity index (χ0n) is 12.1. The van der Waals surface area contributed by atoms with Crippen molar-refractivity contribution in [2.24, 2.45) is 11.8 Å². The van der Waals surface area contributed by atoms with E-state index >= 15 is 0 Å². The van der Waals surface area contributed by atoms with Gasteiger partial charge in [0, 0.05) is 13.1 Å². The van der Waals surface area contributed by atoms with Gasteiger partial charge in [-0.2, -0.15) is 0 Å². The van der Waals surface area contributed by atoms with Gasteiger partial charge in [-0.05, 0) is 30.0 Å². The number of hydrogen-bond donors (Lipinski definition) is 2. The molecule has 21 heavy (non-hydrogen) atoms. The van der Waals surface area contributed by atoms with E-state index in [4.69, 9.17) is 0 Å². The van der Waals surface area contributed by atoms with Crippen molar-refractivity contribution in [3.8, 4) is 0 Å². The average molecular weight is 288 g/mol. The first-order valence-electron chi connectivity index (χ1n) is 7.41. The molecule has 3 unspecified atom stereocenters. The van der Waals surface area contributed by atoms with Crippen molar-refractivity contribution in [2.75, 3.05) is 19.6 Å². The molecule has 0 aromatic heterocycles. The van der Waals surface area contributed by atoms with Gasteiger partial charge in [0.25, 0.3) is 0 Å². The maximum absolute atomic E-state index is 12.8.